The van der Waals surface area contributed by atoms with E-state index in [1.54, 1.807) is 18.2 Å². The average molecular weight is 477 g/mol. The zero-order valence-corrected chi connectivity index (χ0v) is 22.9. The van der Waals surface area contributed by atoms with Crippen molar-refractivity contribution in [2.45, 2.75) is 95.3 Å². The molecule has 0 aliphatic rings. The van der Waals surface area contributed by atoms with Gasteiger partial charge in [-0.1, -0.05) is 89.2 Å². The van der Waals surface area contributed by atoms with E-state index in [0.717, 1.165) is 0 Å². The first-order valence-electron chi connectivity index (χ1n) is 10.7. The summed E-state index contributed by atoms with van der Waals surface area (Å²) in [6.45, 7) is 20.8. The van der Waals surface area contributed by atoms with Crippen molar-refractivity contribution >= 4 is 18.2 Å². The average Bonchev–Trinajstić information content (AvgIpc) is 2.45. The van der Waals surface area contributed by atoms with Crippen LogP contribution in [0.4, 0.5) is 0 Å². The SMILES string of the molecule is CC(C)(C)C(Oc1cccc(OC(C(C)(C)C)C(C)(C)C)c1OP(=O)(O)Cl)C(C)(C)C. The molecule has 31 heavy (non-hydrogen) atoms. The number of benzene rings is 1. The van der Waals surface area contributed by atoms with Crippen LogP contribution in [-0.2, 0) is 4.57 Å². The Labute approximate surface area is 194 Å². The summed E-state index contributed by atoms with van der Waals surface area (Å²) in [7, 11) is 0. The molecule has 7 heteroatoms. The van der Waals surface area contributed by atoms with Crippen molar-refractivity contribution < 1.29 is 23.5 Å². The van der Waals surface area contributed by atoms with Gasteiger partial charge in [0.25, 0.3) is 0 Å². The maximum atomic E-state index is 12.0. The molecule has 0 spiro atoms. The molecule has 0 fully saturated rings. The summed E-state index contributed by atoms with van der Waals surface area (Å²) >= 11 is 5.62. The van der Waals surface area contributed by atoms with Gasteiger partial charge in [0, 0.05) is 11.2 Å². The van der Waals surface area contributed by atoms with Gasteiger partial charge in [0.1, 0.15) is 12.2 Å². The van der Waals surface area contributed by atoms with Gasteiger partial charge in [0.2, 0.25) is 5.75 Å². The molecule has 0 saturated heterocycles. The van der Waals surface area contributed by atoms with Gasteiger partial charge >= 0.3 is 6.95 Å². The minimum Gasteiger partial charge on any atom is -0.485 e. The Morgan fingerprint density at radius 2 is 1.03 bits per heavy atom. The van der Waals surface area contributed by atoms with Crippen LogP contribution in [0, 0.1) is 21.7 Å². The molecule has 0 bridgehead atoms. The van der Waals surface area contributed by atoms with Crippen molar-refractivity contribution in [2.75, 3.05) is 0 Å². The molecule has 180 valence electrons. The van der Waals surface area contributed by atoms with E-state index < -0.39 is 6.95 Å². The third-order valence-corrected chi connectivity index (χ3v) is 5.40. The third-order valence-electron chi connectivity index (χ3n) is 4.78. The molecule has 1 atom stereocenters. The first-order valence-corrected chi connectivity index (χ1v) is 13.2. The fourth-order valence-electron chi connectivity index (χ4n) is 4.44. The number of halogens is 1. The maximum Gasteiger partial charge on any atom is 0.474 e. The Morgan fingerprint density at radius 1 is 0.742 bits per heavy atom. The summed E-state index contributed by atoms with van der Waals surface area (Å²) in [4.78, 5) is 9.82. The quantitative estimate of drug-likeness (QED) is 0.420. The molecule has 1 rings (SSSR count). The van der Waals surface area contributed by atoms with Crippen LogP contribution in [0.1, 0.15) is 83.1 Å². The van der Waals surface area contributed by atoms with Crippen molar-refractivity contribution in [3.05, 3.63) is 18.2 Å². The number of ether oxygens (including phenoxy) is 2. The Balaban J connectivity index is 3.61. The van der Waals surface area contributed by atoms with E-state index >= 15 is 0 Å². The molecule has 0 radical (unpaired) electrons. The summed E-state index contributed by atoms with van der Waals surface area (Å²) in [6, 6.07) is 5.21. The van der Waals surface area contributed by atoms with Crippen LogP contribution >= 0.6 is 18.2 Å². The number of hydrogen-bond acceptors (Lipinski definition) is 4. The molecular formula is C24H42ClO5P. The van der Waals surface area contributed by atoms with Gasteiger partial charge in [0.05, 0.1) is 0 Å². The standard InChI is InChI=1S/C24H42ClO5P/c1-21(2,3)19(22(4,5)6)28-16-14-13-15-17(18(16)30-31(25,26)27)29-20(23(7,8)9)24(10,11)12/h13-15,19-20H,1-12H3,(H,26,27). The zero-order chi connectivity index (χ0) is 24.6. The fraction of sp³-hybridized carbons (Fsp3) is 0.750. The van der Waals surface area contributed by atoms with Crippen molar-refractivity contribution in [1.82, 2.24) is 0 Å². The largest absolute Gasteiger partial charge is 0.485 e. The second kappa shape index (κ2) is 9.15. The zero-order valence-electron chi connectivity index (χ0n) is 21.3. The second-order valence-corrected chi connectivity index (χ2v) is 15.0. The second-order valence-electron chi connectivity index (χ2n) is 12.6. The molecular weight excluding hydrogens is 435 g/mol. The van der Waals surface area contributed by atoms with Gasteiger partial charge in [0.15, 0.2) is 11.5 Å². The lowest BCUT2D eigenvalue weighted by Crippen LogP contribution is -2.43. The monoisotopic (exact) mass is 476 g/mol. The summed E-state index contributed by atoms with van der Waals surface area (Å²) in [5.41, 5.74) is -0.795. The molecule has 1 unspecified atom stereocenters. The molecule has 0 amide bonds. The first-order chi connectivity index (χ1) is 13.5. The minimum absolute atomic E-state index is 0.0420. The topological polar surface area (TPSA) is 65.0 Å². The van der Waals surface area contributed by atoms with Crippen LogP contribution in [0.25, 0.3) is 0 Å². The lowest BCUT2D eigenvalue weighted by atomic mass is 9.74. The Morgan fingerprint density at radius 3 is 1.26 bits per heavy atom. The van der Waals surface area contributed by atoms with E-state index in [4.69, 9.17) is 25.2 Å². The van der Waals surface area contributed by atoms with Gasteiger partial charge < -0.3 is 18.9 Å². The smallest absolute Gasteiger partial charge is 0.474 e. The van der Waals surface area contributed by atoms with E-state index in [0.29, 0.717) is 11.5 Å². The van der Waals surface area contributed by atoms with Crippen LogP contribution < -0.4 is 14.0 Å². The lowest BCUT2D eigenvalue weighted by molar-refractivity contribution is -0.00889. The van der Waals surface area contributed by atoms with Gasteiger partial charge in [-0.2, -0.15) is 0 Å². The predicted molar refractivity (Wildman–Crippen MR) is 129 cm³/mol. The highest BCUT2D eigenvalue weighted by atomic mass is 35.7. The molecule has 0 heterocycles. The number of hydrogen-bond donors (Lipinski definition) is 1. The molecule has 0 aromatic heterocycles. The Kier molecular flexibility index (Phi) is 8.31. The van der Waals surface area contributed by atoms with Crippen molar-refractivity contribution in [1.29, 1.82) is 0 Å². The van der Waals surface area contributed by atoms with Gasteiger partial charge in [-0.05, 0) is 33.8 Å². The summed E-state index contributed by atoms with van der Waals surface area (Å²) < 4.78 is 30.2. The van der Waals surface area contributed by atoms with E-state index in [1.807, 2.05) is 0 Å². The maximum absolute atomic E-state index is 12.0. The lowest BCUT2D eigenvalue weighted by Gasteiger charge is -2.42. The summed E-state index contributed by atoms with van der Waals surface area (Å²) in [5.74, 6) is 0.688. The van der Waals surface area contributed by atoms with E-state index in [-0.39, 0.29) is 39.6 Å². The van der Waals surface area contributed by atoms with Crippen LogP contribution in [0.5, 0.6) is 17.2 Å². The molecule has 0 saturated carbocycles. The highest BCUT2D eigenvalue weighted by Crippen LogP contribution is 2.54. The molecule has 1 aromatic rings. The van der Waals surface area contributed by atoms with E-state index in [2.05, 4.69) is 83.1 Å². The van der Waals surface area contributed by atoms with E-state index in [9.17, 15) is 9.46 Å². The first kappa shape index (κ1) is 28.1. The molecule has 0 aliphatic carbocycles. The van der Waals surface area contributed by atoms with Gasteiger partial charge in [-0.25, -0.2) is 4.57 Å². The molecule has 0 aliphatic heterocycles. The third kappa shape index (κ3) is 8.51. The van der Waals surface area contributed by atoms with Crippen LogP contribution in [-0.4, -0.2) is 17.1 Å². The summed E-state index contributed by atoms with van der Waals surface area (Å²) in [6.07, 6.45) is -0.431. The van der Waals surface area contributed by atoms with Gasteiger partial charge in [-0.15, -0.1) is 0 Å². The highest BCUT2D eigenvalue weighted by Gasteiger charge is 2.40. The van der Waals surface area contributed by atoms with Crippen LogP contribution in [0.3, 0.4) is 0 Å². The normalized spacial score (nSPS) is 15.7. The molecule has 1 N–H and O–H groups in total. The van der Waals surface area contributed by atoms with Crippen molar-refractivity contribution in [3.8, 4) is 17.2 Å². The fourth-order valence-corrected chi connectivity index (χ4v) is 5.06. The molecule has 1 aromatic carbocycles. The highest BCUT2D eigenvalue weighted by molar-refractivity contribution is 7.80. The molecule has 5 nitrogen and oxygen atoms in total. The number of rotatable bonds is 6. The Bertz CT molecular complexity index is 708. The Hall–Kier alpha value is -0.900. The van der Waals surface area contributed by atoms with E-state index in [1.165, 1.54) is 0 Å². The predicted octanol–water partition coefficient (Wildman–Crippen LogP) is 8.08. The van der Waals surface area contributed by atoms with Crippen LogP contribution in [0.2, 0.25) is 0 Å². The van der Waals surface area contributed by atoms with Crippen molar-refractivity contribution in [2.24, 2.45) is 21.7 Å². The minimum atomic E-state index is -4.38. The van der Waals surface area contributed by atoms with Crippen molar-refractivity contribution in [3.63, 3.8) is 0 Å². The van der Waals surface area contributed by atoms with Gasteiger partial charge in [-0.3, -0.25) is 0 Å². The number of para-hydroxylation sites is 1. The van der Waals surface area contributed by atoms with Crippen LogP contribution in [0.15, 0.2) is 18.2 Å². The summed E-state index contributed by atoms with van der Waals surface area (Å²) in [5, 5.41) is 0.